The molecular weight excluding hydrogens is 300 g/mol. The summed E-state index contributed by atoms with van der Waals surface area (Å²) in [5, 5.41) is 42.2. The normalized spacial score (nSPS) is 9.55. The second kappa shape index (κ2) is 10.3. The molecule has 0 aliphatic carbocycles. The molecule has 5 N–H and O–H groups in total. The molecule has 0 fully saturated rings. The number of aliphatic hydroxyl groups excluding tert-OH is 2. The van der Waals surface area contributed by atoms with Crippen LogP contribution in [0.15, 0.2) is 18.2 Å². The highest BCUT2D eigenvalue weighted by Crippen LogP contribution is 2.15. The molecular formula is C13H16O9. The fraction of sp³-hybridized carbons (Fsp3) is 0.308. The highest BCUT2D eigenvalue weighted by Gasteiger charge is 2.22. The Morgan fingerprint density at radius 2 is 1.23 bits per heavy atom. The summed E-state index contributed by atoms with van der Waals surface area (Å²) in [7, 11) is 0. The summed E-state index contributed by atoms with van der Waals surface area (Å²) in [4.78, 5) is 32.0. The maximum absolute atomic E-state index is 10.7. The van der Waals surface area contributed by atoms with Gasteiger partial charge in [-0.1, -0.05) is 6.07 Å². The van der Waals surface area contributed by atoms with Crippen LogP contribution in [0.1, 0.15) is 31.1 Å². The number of hydrogen-bond donors (Lipinski definition) is 5. The van der Waals surface area contributed by atoms with E-state index in [1.807, 2.05) is 0 Å². The zero-order chi connectivity index (χ0) is 17.1. The number of carbonyl (C=O) groups is 3. The molecule has 0 saturated carbocycles. The van der Waals surface area contributed by atoms with Crippen LogP contribution in [0, 0.1) is 0 Å². The Bertz CT molecular complexity index is 488. The van der Waals surface area contributed by atoms with Crippen LogP contribution in [0.3, 0.4) is 0 Å². The third-order valence-electron chi connectivity index (χ3n) is 2.21. The van der Waals surface area contributed by atoms with Crippen molar-refractivity contribution >= 4 is 17.9 Å². The molecule has 0 atom stereocenters. The molecule has 0 heterocycles. The molecule has 22 heavy (non-hydrogen) atoms. The molecule has 9 heteroatoms. The summed E-state index contributed by atoms with van der Waals surface area (Å²) in [5.41, 5.74) is -1.79. The maximum Gasteiger partial charge on any atom is 0.337 e. The first-order chi connectivity index (χ1) is 10.4. The fourth-order valence-corrected chi connectivity index (χ4v) is 1.37. The van der Waals surface area contributed by atoms with E-state index in [4.69, 9.17) is 25.5 Å². The van der Waals surface area contributed by atoms with Crippen molar-refractivity contribution in [2.45, 2.75) is 0 Å². The van der Waals surface area contributed by atoms with Crippen molar-refractivity contribution in [2.24, 2.45) is 0 Å². The predicted octanol–water partition coefficient (Wildman–Crippen LogP) is -0.231. The quantitative estimate of drug-likeness (QED) is 0.428. The largest absolute Gasteiger partial charge is 0.478 e. The summed E-state index contributed by atoms with van der Waals surface area (Å²) in [6, 6.07) is 3.26. The van der Waals surface area contributed by atoms with Crippen molar-refractivity contribution in [3.05, 3.63) is 34.9 Å². The minimum atomic E-state index is -1.58. The number of aliphatic hydroxyl groups is 2. The first-order valence-corrected chi connectivity index (χ1v) is 5.99. The monoisotopic (exact) mass is 316 g/mol. The number of benzene rings is 1. The third kappa shape index (κ3) is 6.31. The highest BCUT2D eigenvalue weighted by atomic mass is 16.5. The lowest BCUT2D eigenvalue weighted by Crippen LogP contribution is -2.14. The number of rotatable bonds is 7. The van der Waals surface area contributed by atoms with Crippen LogP contribution in [0.5, 0.6) is 0 Å². The lowest BCUT2D eigenvalue weighted by atomic mass is 10.0. The van der Waals surface area contributed by atoms with E-state index in [-0.39, 0.29) is 13.2 Å². The van der Waals surface area contributed by atoms with Crippen LogP contribution in [0.25, 0.3) is 0 Å². The van der Waals surface area contributed by atoms with E-state index in [2.05, 4.69) is 4.74 Å². The molecule has 1 aromatic rings. The molecule has 0 aliphatic rings. The van der Waals surface area contributed by atoms with Gasteiger partial charge in [-0.05, 0) is 12.1 Å². The second-order valence-corrected chi connectivity index (χ2v) is 3.70. The van der Waals surface area contributed by atoms with Crippen molar-refractivity contribution in [2.75, 3.05) is 26.4 Å². The van der Waals surface area contributed by atoms with E-state index in [9.17, 15) is 14.4 Å². The van der Waals surface area contributed by atoms with Crippen LogP contribution in [0.2, 0.25) is 0 Å². The molecule has 0 aliphatic heterocycles. The minimum absolute atomic E-state index is 0.0278. The van der Waals surface area contributed by atoms with E-state index < -0.39 is 34.6 Å². The number of ether oxygens (including phenoxy) is 1. The fourth-order valence-electron chi connectivity index (χ4n) is 1.37. The van der Waals surface area contributed by atoms with Crippen LogP contribution in [0.4, 0.5) is 0 Å². The predicted molar refractivity (Wildman–Crippen MR) is 72.3 cm³/mol. The summed E-state index contributed by atoms with van der Waals surface area (Å²) in [6.07, 6.45) is 0. The molecule has 122 valence electrons. The SMILES string of the molecule is O=C(O)c1cccc(C(=O)O)c1C(=O)O.OCCOCCO. The summed E-state index contributed by atoms with van der Waals surface area (Å²) >= 11 is 0. The van der Waals surface area contributed by atoms with E-state index >= 15 is 0 Å². The van der Waals surface area contributed by atoms with Gasteiger partial charge in [0, 0.05) is 0 Å². The number of carboxylic acids is 3. The maximum atomic E-state index is 10.7. The van der Waals surface area contributed by atoms with Gasteiger partial charge in [-0.3, -0.25) is 0 Å². The lowest BCUT2D eigenvalue weighted by molar-refractivity contribution is 0.0633. The smallest absolute Gasteiger partial charge is 0.337 e. The Morgan fingerprint density at radius 3 is 1.50 bits per heavy atom. The lowest BCUT2D eigenvalue weighted by Gasteiger charge is -2.04. The summed E-state index contributed by atoms with van der Waals surface area (Å²) < 4.78 is 4.63. The van der Waals surface area contributed by atoms with Crippen molar-refractivity contribution in [1.29, 1.82) is 0 Å². The Morgan fingerprint density at radius 1 is 0.818 bits per heavy atom. The van der Waals surface area contributed by atoms with E-state index in [0.717, 1.165) is 12.1 Å². The number of aromatic carboxylic acids is 3. The van der Waals surface area contributed by atoms with Gasteiger partial charge < -0.3 is 30.3 Å². The van der Waals surface area contributed by atoms with Crippen LogP contribution < -0.4 is 0 Å². The molecule has 1 rings (SSSR count). The molecule has 0 spiro atoms. The van der Waals surface area contributed by atoms with E-state index in [1.165, 1.54) is 6.07 Å². The van der Waals surface area contributed by atoms with Crippen LogP contribution in [-0.2, 0) is 4.74 Å². The van der Waals surface area contributed by atoms with Crippen LogP contribution >= 0.6 is 0 Å². The van der Waals surface area contributed by atoms with Gasteiger partial charge in [0.15, 0.2) is 0 Å². The number of hydrogen-bond acceptors (Lipinski definition) is 6. The van der Waals surface area contributed by atoms with Gasteiger partial charge >= 0.3 is 17.9 Å². The van der Waals surface area contributed by atoms with Crippen molar-refractivity contribution in [3.8, 4) is 0 Å². The van der Waals surface area contributed by atoms with Crippen molar-refractivity contribution < 1.29 is 44.7 Å². The molecule has 0 radical (unpaired) electrons. The molecule has 0 unspecified atom stereocenters. The van der Waals surface area contributed by atoms with E-state index in [1.54, 1.807) is 0 Å². The van der Waals surface area contributed by atoms with Gasteiger partial charge in [0.05, 0.1) is 43.1 Å². The van der Waals surface area contributed by atoms with Crippen molar-refractivity contribution in [1.82, 2.24) is 0 Å². The summed E-state index contributed by atoms with van der Waals surface area (Å²) in [5.74, 6) is -4.53. The molecule has 0 bridgehead atoms. The first-order valence-electron chi connectivity index (χ1n) is 5.99. The van der Waals surface area contributed by atoms with Gasteiger partial charge in [-0.15, -0.1) is 0 Å². The molecule has 1 aromatic carbocycles. The summed E-state index contributed by atoms with van der Waals surface area (Å²) in [6.45, 7) is 0.696. The topological polar surface area (TPSA) is 162 Å². The molecule has 9 nitrogen and oxygen atoms in total. The van der Waals surface area contributed by atoms with Crippen molar-refractivity contribution in [3.63, 3.8) is 0 Å². The average molecular weight is 316 g/mol. The average Bonchev–Trinajstić information content (AvgIpc) is 2.47. The Balaban J connectivity index is 0.000000534. The van der Waals surface area contributed by atoms with Crippen LogP contribution in [-0.4, -0.2) is 69.9 Å². The Labute approximate surface area is 125 Å². The van der Waals surface area contributed by atoms with Gasteiger partial charge in [0.25, 0.3) is 0 Å². The zero-order valence-electron chi connectivity index (χ0n) is 11.4. The third-order valence-corrected chi connectivity index (χ3v) is 2.21. The van der Waals surface area contributed by atoms with Gasteiger partial charge in [-0.2, -0.15) is 0 Å². The van der Waals surface area contributed by atoms with Gasteiger partial charge in [0.1, 0.15) is 0 Å². The Kier molecular flexibility index (Phi) is 9.11. The van der Waals surface area contributed by atoms with E-state index in [0.29, 0.717) is 13.2 Å². The molecule has 0 saturated heterocycles. The highest BCUT2D eigenvalue weighted by molar-refractivity contribution is 6.08. The minimum Gasteiger partial charge on any atom is -0.478 e. The molecule has 0 aromatic heterocycles. The standard InChI is InChI=1S/C9H6O6.C4H10O3/c10-7(11)4-2-1-3-5(8(12)13)6(4)9(14)15;5-1-3-7-4-2-6/h1-3H,(H,10,11)(H,12,13)(H,14,15);5-6H,1-4H2. The Hall–Kier alpha value is -2.49. The first kappa shape index (κ1) is 19.5. The molecule has 0 amide bonds. The zero-order valence-corrected chi connectivity index (χ0v) is 11.4. The second-order valence-electron chi connectivity index (χ2n) is 3.70. The van der Waals surface area contributed by atoms with Gasteiger partial charge in [-0.25, -0.2) is 14.4 Å². The number of carboxylic acid groups (broad SMARTS) is 3. The van der Waals surface area contributed by atoms with Gasteiger partial charge in [0.2, 0.25) is 0 Å².